The van der Waals surface area contributed by atoms with E-state index in [0.29, 0.717) is 0 Å². The van der Waals surface area contributed by atoms with Gasteiger partial charge in [-0.05, 0) is 36.0 Å². The lowest BCUT2D eigenvalue weighted by atomic mass is 9.84. The summed E-state index contributed by atoms with van der Waals surface area (Å²) in [5, 5.41) is 9.34. The minimum Gasteiger partial charge on any atom is -0.396 e. The monoisotopic (exact) mass is 224 g/mol. The average Bonchev–Trinajstić information content (AvgIpc) is 2.17. The second-order valence-electron chi connectivity index (χ2n) is 5.53. The van der Waals surface area contributed by atoms with Gasteiger partial charge in [0.25, 0.3) is 0 Å². The van der Waals surface area contributed by atoms with Crippen LogP contribution in [0.25, 0.3) is 0 Å². The van der Waals surface area contributed by atoms with Gasteiger partial charge >= 0.3 is 0 Å². The topological polar surface area (TPSA) is 20.2 Å². The molecule has 2 heteroatoms. The third-order valence-corrected chi connectivity index (χ3v) is 2.78. The van der Waals surface area contributed by atoms with Gasteiger partial charge in [0.05, 0.1) is 0 Å². The molecule has 1 atom stereocenters. The Labute approximate surface area is 97.3 Å². The maximum Gasteiger partial charge on any atom is 0.123 e. The van der Waals surface area contributed by atoms with Crippen LogP contribution in [0.1, 0.15) is 45.1 Å². The van der Waals surface area contributed by atoms with Crippen molar-refractivity contribution in [2.75, 3.05) is 6.61 Å². The lowest BCUT2D eigenvalue weighted by molar-refractivity contribution is 0.241. The Morgan fingerprint density at radius 3 is 2.50 bits per heavy atom. The molecule has 0 saturated heterocycles. The Morgan fingerprint density at radius 2 is 2.00 bits per heavy atom. The van der Waals surface area contributed by atoms with Gasteiger partial charge in [-0.15, -0.1) is 0 Å². The van der Waals surface area contributed by atoms with Gasteiger partial charge in [0.1, 0.15) is 5.82 Å². The minimum atomic E-state index is -0.230. The summed E-state index contributed by atoms with van der Waals surface area (Å²) in [5.74, 6) is -0.179. The molecule has 0 aliphatic heterocycles. The summed E-state index contributed by atoms with van der Waals surface area (Å²) in [6, 6.07) is 6.53. The highest BCUT2D eigenvalue weighted by molar-refractivity contribution is 5.20. The fourth-order valence-electron chi connectivity index (χ4n) is 1.73. The van der Waals surface area contributed by atoms with Gasteiger partial charge in [0.2, 0.25) is 0 Å². The van der Waals surface area contributed by atoms with Gasteiger partial charge < -0.3 is 5.11 Å². The zero-order chi connectivity index (χ0) is 12.2. The van der Waals surface area contributed by atoms with E-state index < -0.39 is 0 Å². The highest BCUT2D eigenvalue weighted by Crippen LogP contribution is 2.28. The van der Waals surface area contributed by atoms with Gasteiger partial charge in [-0.2, -0.15) is 0 Å². The van der Waals surface area contributed by atoms with Crippen molar-refractivity contribution < 1.29 is 9.50 Å². The van der Waals surface area contributed by atoms with E-state index in [9.17, 15) is 9.50 Å². The number of rotatable bonds is 4. The van der Waals surface area contributed by atoms with Crippen LogP contribution < -0.4 is 0 Å². The van der Waals surface area contributed by atoms with E-state index in [4.69, 9.17) is 0 Å². The smallest absolute Gasteiger partial charge is 0.123 e. The van der Waals surface area contributed by atoms with Crippen LogP contribution in [0.4, 0.5) is 4.39 Å². The maximum absolute atomic E-state index is 13.1. The molecule has 0 radical (unpaired) electrons. The molecule has 0 spiro atoms. The molecule has 0 bridgehead atoms. The molecule has 0 aliphatic carbocycles. The van der Waals surface area contributed by atoms with Gasteiger partial charge in [-0.3, -0.25) is 0 Å². The normalized spacial score (nSPS) is 13.8. The molecule has 1 rings (SSSR count). The number of halogens is 1. The summed E-state index contributed by atoms with van der Waals surface area (Å²) in [5.41, 5.74) is 1.15. The second kappa shape index (κ2) is 5.44. The molecule has 16 heavy (non-hydrogen) atoms. The molecule has 1 aromatic rings. The van der Waals surface area contributed by atoms with Crippen LogP contribution in [0, 0.1) is 11.2 Å². The average molecular weight is 224 g/mol. The SMILES string of the molecule is CC(C)(C)CCC(CO)c1cccc(F)c1. The minimum absolute atomic E-state index is 0.0509. The van der Waals surface area contributed by atoms with Crippen LogP contribution in [-0.2, 0) is 0 Å². The number of hydrogen-bond acceptors (Lipinski definition) is 1. The third-order valence-electron chi connectivity index (χ3n) is 2.78. The highest BCUT2D eigenvalue weighted by atomic mass is 19.1. The predicted octanol–water partition coefficient (Wildman–Crippen LogP) is 3.73. The van der Waals surface area contributed by atoms with E-state index in [-0.39, 0.29) is 23.8 Å². The largest absolute Gasteiger partial charge is 0.396 e. The summed E-state index contributed by atoms with van der Waals surface area (Å²) >= 11 is 0. The third kappa shape index (κ3) is 4.31. The van der Waals surface area contributed by atoms with Gasteiger partial charge in [0.15, 0.2) is 0 Å². The van der Waals surface area contributed by atoms with E-state index in [1.165, 1.54) is 12.1 Å². The van der Waals surface area contributed by atoms with Crippen LogP contribution in [0.2, 0.25) is 0 Å². The van der Waals surface area contributed by atoms with Crippen LogP contribution in [0.3, 0.4) is 0 Å². The molecule has 1 aromatic carbocycles. The van der Waals surface area contributed by atoms with Crippen molar-refractivity contribution in [1.82, 2.24) is 0 Å². The van der Waals surface area contributed by atoms with Crippen molar-refractivity contribution >= 4 is 0 Å². The fourth-order valence-corrected chi connectivity index (χ4v) is 1.73. The van der Waals surface area contributed by atoms with Crippen LogP contribution in [-0.4, -0.2) is 11.7 Å². The Balaban J connectivity index is 2.68. The lowest BCUT2D eigenvalue weighted by Gasteiger charge is -2.22. The molecular formula is C14H21FO. The molecule has 0 heterocycles. The molecule has 90 valence electrons. The standard InChI is InChI=1S/C14H21FO/c1-14(2,3)8-7-12(10-16)11-5-4-6-13(15)9-11/h4-6,9,12,16H,7-8,10H2,1-3H3. The lowest BCUT2D eigenvalue weighted by Crippen LogP contribution is -2.11. The van der Waals surface area contributed by atoms with Gasteiger partial charge in [-0.25, -0.2) is 4.39 Å². The van der Waals surface area contributed by atoms with Gasteiger partial charge in [-0.1, -0.05) is 32.9 Å². The summed E-state index contributed by atoms with van der Waals surface area (Å²) in [4.78, 5) is 0. The van der Waals surface area contributed by atoms with Crippen molar-refractivity contribution in [1.29, 1.82) is 0 Å². The number of hydrogen-bond donors (Lipinski definition) is 1. The first kappa shape index (κ1) is 13.2. The zero-order valence-electron chi connectivity index (χ0n) is 10.3. The summed E-state index contributed by atoms with van der Waals surface area (Å²) in [6.45, 7) is 6.60. The molecule has 0 aliphatic rings. The summed E-state index contributed by atoms with van der Waals surface area (Å²) in [7, 11) is 0. The van der Waals surface area contributed by atoms with Crippen molar-refractivity contribution in [2.45, 2.75) is 39.5 Å². The molecule has 1 nitrogen and oxygen atoms in total. The molecule has 0 fully saturated rings. The highest BCUT2D eigenvalue weighted by Gasteiger charge is 2.16. The van der Waals surface area contributed by atoms with Crippen LogP contribution in [0.5, 0.6) is 0 Å². The zero-order valence-corrected chi connectivity index (χ0v) is 10.3. The Bertz CT molecular complexity index is 328. The van der Waals surface area contributed by atoms with E-state index in [0.717, 1.165) is 18.4 Å². The maximum atomic E-state index is 13.1. The second-order valence-corrected chi connectivity index (χ2v) is 5.53. The molecule has 0 amide bonds. The van der Waals surface area contributed by atoms with Gasteiger partial charge in [0, 0.05) is 12.5 Å². The van der Waals surface area contributed by atoms with E-state index >= 15 is 0 Å². The first-order chi connectivity index (χ1) is 7.42. The predicted molar refractivity (Wildman–Crippen MR) is 64.9 cm³/mol. The molecular weight excluding hydrogens is 203 g/mol. The van der Waals surface area contributed by atoms with Crippen molar-refractivity contribution in [3.05, 3.63) is 35.6 Å². The Morgan fingerprint density at radius 1 is 1.31 bits per heavy atom. The molecule has 1 N–H and O–H groups in total. The van der Waals surface area contributed by atoms with E-state index in [1.54, 1.807) is 6.07 Å². The van der Waals surface area contributed by atoms with Crippen LogP contribution >= 0.6 is 0 Å². The number of aliphatic hydroxyl groups excluding tert-OH is 1. The van der Waals surface area contributed by atoms with Crippen molar-refractivity contribution in [3.8, 4) is 0 Å². The van der Waals surface area contributed by atoms with Crippen LogP contribution in [0.15, 0.2) is 24.3 Å². The summed E-state index contributed by atoms with van der Waals surface area (Å²) < 4.78 is 13.1. The number of benzene rings is 1. The Hall–Kier alpha value is -0.890. The fraction of sp³-hybridized carbons (Fsp3) is 0.571. The van der Waals surface area contributed by atoms with Crippen molar-refractivity contribution in [2.24, 2.45) is 5.41 Å². The molecule has 0 aromatic heterocycles. The first-order valence-electron chi connectivity index (χ1n) is 5.79. The molecule has 1 unspecified atom stereocenters. The Kier molecular flexibility index (Phi) is 4.48. The van der Waals surface area contributed by atoms with Crippen molar-refractivity contribution in [3.63, 3.8) is 0 Å². The quantitative estimate of drug-likeness (QED) is 0.826. The van der Waals surface area contributed by atoms with E-state index in [2.05, 4.69) is 20.8 Å². The first-order valence-corrected chi connectivity index (χ1v) is 5.79. The molecule has 0 saturated carbocycles. The number of aliphatic hydroxyl groups is 1. The summed E-state index contributed by atoms with van der Waals surface area (Å²) in [6.07, 6.45) is 1.91. The van der Waals surface area contributed by atoms with E-state index in [1.807, 2.05) is 6.07 Å².